The lowest BCUT2D eigenvalue weighted by molar-refractivity contribution is 0.213. The van der Waals surface area contributed by atoms with Crippen LogP contribution in [0.5, 0.6) is 5.88 Å². The van der Waals surface area contributed by atoms with Crippen LogP contribution in [0.25, 0.3) is 0 Å². The molecule has 1 heterocycles. The van der Waals surface area contributed by atoms with Crippen LogP contribution < -0.4 is 4.74 Å². The van der Waals surface area contributed by atoms with Crippen molar-refractivity contribution in [1.82, 2.24) is 4.98 Å². The van der Waals surface area contributed by atoms with E-state index >= 15 is 0 Å². The number of ether oxygens (including phenoxy) is 1. The molecule has 0 radical (unpaired) electrons. The number of rotatable bonds is 4. The van der Waals surface area contributed by atoms with Gasteiger partial charge in [0.25, 0.3) is 0 Å². The van der Waals surface area contributed by atoms with Crippen molar-refractivity contribution in [2.45, 2.75) is 19.4 Å². The van der Waals surface area contributed by atoms with Crippen LogP contribution in [0, 0.1) is 0 Å². The van der Waals surface area contributed by atoms with Crippen molar-refractivity contribution >= 4 is 0 Å². The Balaban J connectivity index is 2.31. The molecule has 0 amide bonds. The number of aryl methyl sites for hydroxylation is 1. The first kappa shape index (κ1) is 12.6. The largest absolute Gasteiger partial charge is 0.481 e. The highest BCUT2D eigenvalue weighted by Gasteiger charge is 2.12. The fraction of sp³-hybridized carbons (Fsp3) is 0.267. The number of hydrogen-bond acceptors (Lipinski definition) is 3. The van der Waals surface area contributed by atoms with Crippen molar-refractivity contribution in [2.24, 2.45) is 0 Å². The minimum absolute atomic E-state index is 0.512. The predicted octanol–water partition coefficient (Wildman–Crippen LogP) is 2.73. The van der Waals surface area contributed by atoms with Crippen LogP contribution >= 0.6 is 0 Å². The maximum atomic E-state index is 10.3. The summed E-state index contributed by atoms with van der Waals surface area (Å²) in [5.74, 6) is 0.512. The van der Waals surface area contributed by atoms with Crippen molar-refractivity contribution in [3.63, 3.8) is 0 Å². The van der Waals surface area contributed by atoms with Gasteiger partial charge >= 0.3 is 0 Å². The Labute approximate surface area is 107 Å². The topological polar surface area (TPSA) is 42.4 Å². The van der Waals surface area contributed by atoms with Gasteiger partial charge in [0.2, 0.25) is 5.88 Å². The van der Waals surface area contributed by atoms with Gasteiger partial charge in [-0.2, -0.15) is 0 Å². The summed E-state index contributed by atoms with van der Waals surface area (Å²) in [6.45, 7) is 2.09. The molecular weight excluding hydrogens is 226 g/mol. The van der Waals surface area contributed by atoms with Gasteiger partial charge in [0.1, 0.15) is 6.10 Å². The molecule has 1 aromatic carbocycles. The second-order valence-corrected chi connectivity index (χ2v) is 4.11. The molecule has 2 aromatic rings. The van der Waals surface area contributed by atoms with Gasteiger partial charge in [-0.25, -0.2) is 4.98 Å². The first-order valence-electron chi connectivity index (χ1n) is 6.02. The van der Waals surface area contributed by atoms with Crippen LogP contribution in [-0.2, 0) is 6.42 Å². The molecule has 1 atom stereocenters. The molecule has 1 aromatic heterocycles. The third-order valence-corrected chi connectivity index (χ3v) is 2.91. The molecule has 0 aliphatic heterocycles. The molecule has 0 aliphatic rings. The average Bonchev–Trinajstić information content (AvgIpc) is 2.46. The van der Waals surface area contributed by atoms with E-state index in [4.69, 9.17) is 4.74 Å². The first-order valence-corrected chi connectivity index (χ1v) is 6.02. The van der Waals surface area contributed by atoms with Crippen molar-refractivity contribution in [3.8, 4) is 5.88 Å². The van der Waals surface area contributed by atoms with E-state index in [1.165, 1.54) is 5.56 Å². The monoisotopic (exact) mass is 243 g/mol. The number of aliphatic hydroxyl groups is 1. The van der Waals surface area contributed by atoms with Gasteiger partial charge in [-0.05, 0) is 23.6 Å². The van der Waals surface area contributed by atoms with E-state index in [0.29, 0.717) is 11.6 Å². The number of pyridine rings is 1. The Morgan fingerprint density at radius 1 is 1.22 bits per heavy atom. The van der Waals surface area contributed by atoms with E-state index in [9.17, 15) is 5.11 Å². The van der Waals surface area contributed by atoms with Crippen molar-refractivity contribution in [3.05, 3.63) is 59.3 Å². The van der Waals surface area contributed by atoms with Gasteiger partial charge in [0.15, 0.2) is 0 Å². The molecule has 3 heteroatoms. The lowest BCUT2D eigenvalue weighted by Crippen LogP contribution is -2.03. The molecule has 1 unspecified atom stereocenters. The van der Waals surface area contributed by atoms with E-state index in [2.05, 4.69) is 18.0 Å². The summed E-state index contributed by atoms with van der Waals surface area (Å²) in [7, 11) is 1.57. The van der Waals surface area contributed by atoms with Gasteiger partial charge in [-0.15, -0.1) is 0 Å². The highest BCUT2D eigenvalue weighted by atomic mass is 16.5. The van der Waals surface area contributed by atoms with Gasteiger partial charge in [-0.3, -0.25) is 0 Å². The smallest absolute Gasteiger partial charge is 0.213 e. The fourth-order valence-electron chi connectivity index (χ4n) is 1.85. The summed E-state index contributed by atoms with van der Waals surface area (Å²) in [5, 5.41) is 10.3. The van der Waals surface area contributed by atoms with Crippen LogP contribution in [0.1, 0.15) is 29.8 Å². The summed E-state index contributed by atoms with van der Waals surface area (Å²) < 4.78 is 5.06. The number of methoxy groups -OCH3 is 1. The second-order valence-electron chi connectivity index (χ2n) is 4.11. The zero-order chi connectivity index (χ0) is 13.0. The van der Waals surface area contributed by atoms with E-state index in [1.807, 2.05) is 24.3 Å². The Morgan fingerprint density at radius 3 is 2.72 bits per heavy atom. The van der Waals surface area contributed by atoms with Gasteiger partial charge in [0, 0.05) is 6.07 Å². The Bertz CT molecular complexity index is 478. The van der Waals surface area contributed by atoms with Crippen molar-refractivity contribution in [2.75, 3.05) is 7.11 Å². The Kier molecular flexibility index (Phi) is 3.95. The summed E-state index contributed by atoms with van der Waals surface area (Å²) >= 11 is 0. The summed E-state index contributed by atoms with van der Waals surface area (Å²) in [5.41, 5.74) is 2.66. The van der Waals surface area contributed by atoms with Crippen LogP contribution in [0.4, 0.5) is 0 Å². The van der Waals surface area contributed by atoms with Gasteiger partial charge in [-0.1, -0.05) is 37.3 Å². The van der Waals surface area contributed by atoms with Crippen molar-refractivity contribution < 1.29 is 9.84 Å². The second kappa shape index (κ2) is 5.65. The van der Waals surface area contributed by atoms with E-state index in [-0.39, 0.29) is 0 Å². The molecule has 2 rings (SSSR count). The van der Waals surface area contributed by atoms with Crippen LogP contribution in [-0.4, -0.2) is 17.2 Å². The van der Waals surface area contributed by atoms with E-state index in [1.54, 1.807) is 19.2 Å². The maximum absolute atomic E-state index is 10.3. The number of benzene rings is 1. The van der Waals surface area contributed by atoms with E-state index < -0.39 is 6.10 Å². The average molecular weight is 243 g/mol. The zero-order valence-corrected chi connectivity index (χ0v) is 10.6. The van der Waals surface area contributed by atoms with Gasteiger partial charge < -0.3 is 9.84 Å². The molecule has 94 valence electrons. The SMILES string of the molecule is CCc1cccc(C(O)c2cccc(OC)n2)c1. The number of aromatic nitrogens is 1. The molecule has 1 N–H and O–H groups in total. The van der Waals surface area contributed by atoms with Gasteiger partial charge in [0.05, 0.1) is 12.8 Å². The first-order chi connectivity index (χ1) is 8.74. The number of aliphatic hydroxyl groups excluding tert-OH is 1. The standard InChI is InChI=1S/C15H17NO2/c1-3-11-6-4-7-12(10-11)15(17)13-8-5-9-14(16-13)18-2/h4-10,15,17H,3H2,1-2H3. The normalized spacial score (nSPS) is 12.2. The van der Waals surface area contributed by atoms with E-state index in [0.717, 1.165) is 12.0 Å². The fourth-order valence-corrected chi connectivity index (χ4v) is 1.85. The van der Waals surface area contributed by atoms with Crippen LogP contribution in [0.2, 0.25) is 0 Å². The molecule has 0 bridgehead atoms. The molecule has 3 nitrogen and oxygen atoms in total. The minimum Gasteiger partial charge on any atom is -0.481 e. The zero-order valence-electron chi connectivity index (χ0n) is 10.6. The Morgan fingerprint density at radius 2 is 2.00 bits per heavy atom. The van der Waals surface area contributed by atoms with Crippen molar-refractivity contribution in [1.29, 1.82) is 0 Å². The molecule has 0 saturated heterocycles. The number of hydrogen-bond donors (Lipinski definition) is 1. The minimum atomic E-state index is -0.716. The molecule has 0 saturated carbocycles. The predicted molar refractivity (Wildman–Crippen MR) is 70.7 cm³/mol. The maximum Gasteiger partial charge on any atom is 0.213 e. The third kappa shape index (κ3) is 2.68. The number of nitrogens with zero attached hydrogens (tertiary/aromatic N) is 1. The summed E-state index contributed by atoms with van der Waals surface area (Å²) in [6.07, 6.45) is 0.234. The highest BCUT2D eigenvalue weighted by molar-refractivity contribution is 5.31. The Hall–Kier alpha value is -1.87. The molecular formula is C15H17NO2. The summed E-state index contributed by atoms with van der Waals surface area (Å²) in [4.78, 5) is 4.25. The quantitative estimate of drug-likeness (QED) is 0.897. The molecule has 18 heavy (non-hydrogen) atoms. The molecule has 0 spiro atoms. The third-order valence-electron chi connectivity index (χ3n) is 2.91. The van der Waals surface area contributed by atoms with Crippen LogP contribution in [0.3, 0.4) is 0 Å². The lowest BCUT2D eigenvalue weighted by atomic mass is 10.0. The molecule has 0 fully saturated rings. The molecule has 0 aliphatic carbocycles. The summed E-state index contributed by atoms with van der Waals surface area (Å²) in [6, 6.07) is 13.3. The highest BCUT2D eigenvalue weighted by Crippen LogP contribution is 2.22. The lowest BCUT2D eigenvalue weighted by Gasteiger charge is -2.12. The van der Waals surface area contributed by atoms with Crippen LogP contribution in [0.15, 0.2) is 42.5 Å².